The molecule has 0 atom stereocenters. The number of hydrogen-bond donors (Lipinski definition) is 0. The minimum Gasteiger partial charge on any atom is -0.493 e. The summed E-state index contributed by atoms with van der Waals surface area (Å²) < 4.78 is 16.5. The Morgan fingerprint density at radius 2 is 2.16 bits per heavy atom. The van der Waals surface area contributed by atoms with Crippen LogP contribution in [0.5, 0.6) is 5.75 Å². The third kappa shape index (κ3) is 1.76. The van der Waals surface area contributed by atoms with E-state index < -0.39 is 0 Å². The first-order valence-corrected chi connectivity index (χ1v) is 6.41. The summed E-state index contributed by atoms with van der Waals surface area (Å²) >= 11 is 1.35. The average Bonchev–Trinajstić information content (AvgIpc) is 2.98. The van der Waals surface area contributed by atoms with E-state index in [1.165, 1.54) is 18.4 Å². The van der Waals surface area contributed by atoms with Gasteiger partial charge in [-0.1, -0.05) is 0 Å². The fraction of sp³-hybridized carbons (Fsp3) is 0.231. The maximum absolute atomic E-state index is 11.6. The molecule has 0 radical (unpaired) electrons. The Labute approximate surface area is 112 Å². The summed E-state index contributed by atoms with van der Waals surface area (Å²) in [6, 6.07) is 3.62. The average molecular weight is 277 g/mol. The molecule has 1 aromatic carbocycles. The van der Waals surface area contributed by atoms with Crippen molar-refractivity contribution < 1.29 is 18.7 Å². The number of aryl methyl sites for hydroxylation is 1. The van der Waals surface area contributed by atoms with Crippen molar-refractivity contribution in [1.82, 2.24) is 4.98 Å². The first-order chi connectivity index (χ1) is 9.13. The van der Waals surface area contributed by atoms with Crippen molar-refractivity contribution in [3.63, 3.8) is 0 Å². The van der Waals surface area contributed by atoms with Gasteiger partial charge in [0.15, 0.2) is 17.2 Å². The van der Waals surface area contributed by atoms with E-state index in [4.69, 9.17) is 13.9 Å². The highest BCUT2D eigenvalue weighted by atomic mass is 32.1. The number of methoxy groups -OCH3 is 2. The standard InChI is InChI=1S/C13H11NO4S/c1-6-14-11-7-4-10(13(15)17-3)19-9(7)5-8(16-2)12(11)18-6/h4-5H,1-3H3. The third-order valence-corrected chi connectivity index (χ3v) is 3.90. The van der Waals surface area contributed by atoms with Crippen molar-refractivity contribution in [3.8, 4) is 5.75 Å². The van der Waals surface area contributed by atoms with Crippen LogP contribution in [-0.4, -0.2) is 25.2 Å². The Hall–Kier alpha value is -2.08. The highest BCUT2D eigenvalue weighted by Crippen LogP contribution is 2.38. The maximum atomic E-state index is 11.6. The molecule has 98 valence electrons. The van der Waals surface area contributed by atoms with E-state index in [-0.39, 0.29) is 5.97 Å². The lowest BCUT2D eigenvalue weighted by molar-refractivity contribution is 0.0606. The van der Waals surface area contributed by atoms with Crippen LogP contribution in [0.4, 0.5) is 0 Å². The summed E-state index contributed by atoms with van der Waals surface area (Å²) in [5.74, 6) is 0.821. The molecular weight excluding hydrogens is 266 g/mol. The van der Waals surface area contributed by atoms with Gasteiger partial charge < -0.3 is 13.9 Å². The molecule has 0 aliphatic carbocycles. The second-order valence-electron chi connectivity index (χ2n) is 4.00. The van der Waals surface area contributed by atoms with E-state index >= 15 is 0 Å². The molecule has 0 saturated carbocycles. The van der Waals surface area contributed by atoms with Crippen LogP contribution in [0, 0.1) is 6.92 Å². The van der Waals surface area contributed by atoms with Crippen molar-refractivity contribution in [2.45, 2.75) is 6.92 Å². The number of hydrogen-bond acceptors (Lipinski definition) is 6. The molecule has 0 aliphatic rings. The predicted molar refractivity (Wildman–Crippen MR) is 72.0 cm³/mol. The summed E-state index contributed by atoms with van der Waals surface area (Å²) in [4.78, 5) is 16.5. The van der Waals surface area contributed by atoms with Gasteiger partial charge in [-0.05, 0) is 6.07 Å². The van der Waals surface area contributed by atoms with Gasteiger partial charge in [0.1, 0.15) is 10.4 Å². The van der Waals surface area contributed by atoms with Gasteiger partial charge in [0.05, 0.1) is 14.2 Å². The van der Waals surface area contributed by atoms with E-state index in [0.717, 1.165) is 10.1 Å². The second kappa shape index (κ2) is 4.24. The van der Waals surface area contributed by atoms with Crippen molar-refractivity contribution in [1.29, 1.82) is 0 Å². The normalized spacial score (nSPS) is 11.1. The van der Waals surface area contributed by atoms with Crippen molar-refractivity contribution in [2.75, 3.05) is 14.2 Å². The number of carbonyl (C=O) groups is 1. The summed E-state index contributed by atoms with van der Waals surface area (Å²) in [6.45, 7) is 1.78. The van der Waals surface area contributed by atoms with Gasteiger partial charge in [0.25, 0.3) is 0 Å². The van der Waals surface area contributed by atoms with Gasteiger partial charge >= 0.3 is 5.97 Å². The van der Waals surface area contributed by atoms with Gasteiger partial charge in [-0.3, -0.25) is 0 Å². The second-order valence-corrected chi connectivity index (χ2v) is 5.09. The molecule has 0 spiro atoms. The topological polar surface area (TPSA) is 61.6 Å². The number of benzene rings is 1. The molecule has 2 heterocycles. The van der Waals surface area contributed by atoms with Crippen LogP contribution in [-0.2, 0) is 4.74 Å². The van der Waals surface area contributed by atoms with Crippen molar-refractivity contribution in [3.05, 3.63) is 22.9 Å². The van der Waals surface area contributed by atoms with E-state index in [9.17, 15) is 4.79 Å². The molecule has 0 amide bonds. The largest absolute Gasteiger partial charge is 0.493 e. The van der Waals surface area contributed by atoms with Gasteiger partial charge in [0.2, 0.25) is 0 Å². The molecule has 0 unspecified atom stereocenters. The maximum Gasteiger partial charge on any atom is 0.348 e. The lowest BCUT2D eigenvalue weighted by Gasteiger charge is -1.99. The first kappa shape index (κ1) is 12.0. The smallest absolute Gasteiger partial charge is 0.348 e. The number of nitrogens with zero attached hydrogens (tertiary/aromatic N) is 1. The first-order valence-electron chi connectivity index (χ1n) is 5.60. The van der Waals surface area contributed by atoms with Crippen LogP contribution in [0.3, 0.4) is 0 Å². The molecular formula is C13H11NO4S. The van der Waals surface area contributed by atoms with Crippen LogP contribution in [0.1, 0.15) is 15.6 Å². The van der Waals surface area contributed by atoms with E-state index in [0.29, 0.717) is 27.6 Å². The number of carbonyl (C=O) groups excluding carboxylic acids is 1. The highest BCUT2D eigenvalue weighted by Gasteiger charge is 2.18. The van der Waals surface area contributed by atoms with Crippen LogP contribution in [0.25, 0.3) is 21.2 Å². The summed E-state index contributed by atoms with van der Waals surface area (Å²) in [5.41, 5.74) is 1.31. The van der Waals surface area contributed by atoms with E-state index in [1.54, 1.807) is 20.1 Å². The van der Waals surface area contributed by atoms with E-state index in [1.807, 2.05) is 6.07 Å². The Morgan fingerprint density at radius 1 is 1.37 bits per heavy atom. The van der Waals surface area contributed by atoms with Crippen molar-refractivity contribution in [2.24, 2.45) is 0 Å². The number of fused-ring (bicyclic) bond motifs is 3. The van der Waals surface area contributed by atoms with Crippen LogP contribution in [0.2, 0.25) is 0 Å². The number of rotatable bonds is 2. The molecule has 0 fully saturated rings. The monoisotopic (exact) mass is 277 g/mol. The number of esters is 1. The Balaban J connectivity index is 2.38. The van der Waals surface area contributed by atoms with Crippen LogP contribution >= 0.6 is 11.3 Å². The quantitative estimate of drug-likeness (QED) is 0.673. The zero-order chi connectivity index (χ0) is 13.6. The molecule has 3 rings (SSSR count). The van der Waals surface area contributed by atoms with Crippen LogP contribution in [0.15, 0.2) is 16.5 Å². The van der Waals surface area contributed by atoms with Gasteiger partial charge in [0, 0.05) is 23.1 Å². The molecule has 0 N–H and O–H groups in total. The third-order valence-electron chi connectivity index (χ3n) is 2.84. The summed E-state index contributed by atoms with van der Waals surface area (Å²) in [6.07, 6.45) is 0. The van der Waals surface area contributed by atoms with Gasteiger partial charge in [-0.2, -0.15) is 0 Å². The molecule has 6 heteroatoms. The Kier molecular flexibility index (Phi) is 2.67. The molecule has 5 nitrogen and oxygen atoms in total. The molecule has 0 bridgehead atoms. The molecule has 3 aromatic rings. The van der Waals surface area contributed by atoms with Crippen LogP contribution < -0.4 is 4.74 Å². The lowest BCUT2D eigenvalue weighted by Crippen LogP contribution is -1.96. The lowest BCUT2D eigenvalue weighted by atomic mass is 10.2. The minimum atomic E-state index is -0.353. The number of oxazole rings is 1. The zero-order valence-corrected chi connectivity index (χ0v) is 11.5. The number of ether oxygens (including phenoxy) is 2. The predicted octanol–water partition coefficient (Wildman–Crippen LogP) is 3.15. The fourth-order valence-electron chi connectivity index (χ4n) is 2.01. The summed E-state index contributed by atoms with van der Waals surface area (Å²) in [7, 11) is 2.94. The number of aromatic nitrogens is 1. The molecule has 0 aliphatic heterocycles. The SMILES string of the molecule is COC(=O)c1cc2c(cc(OC)c3oc(C)nc32)s1. The molecule has 19 heavy (non-hydrogen) atoms. The molecule has 2 aromatic heterocycles. The molecule has 0 saturated heterocycles. The Morgan fingerprint density at radius 3 is 2.84 bits per heavy atom. The number of thiophene rings is 1. The fourth-order valence-corrected chi connectivity index (χ4v) is 3.02. The Bertz CT molecular complexity index is 787. The van der Waals surface area contributed by atoms with Gasteiger partial charge in [-0.25, -0.2) is 9.78 Å². The highest BCUT2D eigenvalue weighted by molar-refractivity contribution is 7.20. The van der Waals surface area contributed by atoms with E-state index in [2.05, 4.69) is 4.98 Å². The van der Waals surface area contributed by atoms with Gasteiger partial charge in [-0.15, -0.1) is 11.3 Å². The van der Waals surface area contributed by atoms with Crippen molar-refractivity contribution >= 4 is 38.5 Å². The zero-order valence-electron chi connectivity index (χ0n) is 10.6. The minimum absolute atomic E-state index is 0.353. The summed E-state index contributed by atoms with van der Waals surface area (Å²) in [5, 5.41) is 0.873.